The Balaban J connectivity index is 1.85. The van der Waals surface area contributed by atoms with E-state index in [0.29, 0.717) is 24.8 Å². The van der Waals surface area contributed by atoms with Gasteiger partial charge in [-0.15, -0.1) is 0 Å². The number of hydrogen-bond acceptors (Lipinski definition) is 7. The molecule has 0 saturated carbocycles. The zero-order valence-corrected chi connectivity index (χ0v) is 11.0. The lowest BCUT2D eigenvalue weighted by Crippen LogP contribution is -2.15. The number of nitrogens with two attached hydrogens (primary N) is 1. The van der Waals surface area contributed by atoms with Crippen molar-refractivity contribution >= 4 is 23.3 Å². The van der Waals surface area contributed by atoms with Gasteiger partial charge < -0.3 is 25.8 Å². The van der Waals surface area contributed by atoms with Crippen molar-refractivity contribution in [1.82, 2.24) is 9.97 Å². The standard InChI is InChI=1S/C13H15N5O2/c1-15-11-7-12(18-13(14)17-11)16-8-2-3-9-10(6-8)20-5-4-19-9/h2-3,6-7H,4-5H2,1H3,(H4,14,15,16,17,18). The highest BCUT2D eigenvalue weighted by molar-refractivity contribution is 5.64. The maximum Gasteiger partial charge on any atom is 0.223 e. The minimum absolute atomic E-state index is 0.205. The SMILES string of the molecule is CNc1cc(Nc2ccc3c(c2)OCCO3)nc(N)n1. The second-order valence-corrected chi connectivity index (χ2v) is 4.23. The molecule has 0 radical (unpaired) electrons. The Morgan fingerprint density at radius 1 is 1.05 bits per heavy atom. The van der Waals surface area contributed by atoms with Crippen LogP contribution in [0.25, 0.3) is 0 Å². The number of rotatable bonds is 3. The zero-order chi connectivity index (χ0) is 13.9. The van der Waals surface area contributed by atoms with Crippen molar-refractivity contribution in [3.8, 4) is 11.5 Å². The third-order valence-electron chi connectivity index (χ3n) is 2.81. The number of benzene rings is 1. The minimum atomic E-state index is 0.205. The molecule has 20 heavy (non-hydrogen) atoms. The normalized spacial score (nSPS) is 12.8. The Kier molecular flexibility index (Phi) is 3.16. The maximum atomic E-state index is 5.65. The summed E-state index contributed by atoms with van der Waals surface area (Å²) in [5.41, 5.74) is 6.49. The summed E-state index contributed by atoms with van der Waals surface area (Å²) in [6.45, 7) is 1.13. The molecular weight excluding hydrogens is 258 g/mol. The third kappa shape index (κ3) is 2.51. The quantitative estimate of drug-likeness (QED) is 0.782. The molecule has 2 aromatic rings. The highest BCUT2D eigenvalue weighted by Crippen LogP contribution is 2.33. The lowest BCUT2D eigenvalue weighted by molar-refractivity contribution is 0.171. The van der Waals surface area contributed by atoms with Gasteiger partial charge in [-0.1, -0.05) is 0 Å². The van der Waals surface area contributed by atoms with Crippen LogP contribution in [0.3, 0.4) is 0 Å². The Hall–Kier alpha value is -2.70. The van der Waals surface area contributed by atoms with Crippen LogP contribution in [-0.2, 0) is 0 Å². The summed E-state index contributed by atoms with van der Waals surface area (Å²) in [6, 6.07) is 7.39. The first-order chi connectivity index (χ1) is 9.74. The predicted octanol–water partition coefficient (Wildman–Crippen LogP) is 1.62. The van der Waals surface area contributed by atoms with Crippen molar-refractivity contribution in [3.05, 3.63) is 24.3 Å². The summed E-state index contributed by atoms with van der Waals surface area (Å²) in [4.78, 5) is 8.17. The zero-order valence-electron chi connectivity index (χ0n) is 11.0. The number of ether oxygens (including phenoxy) is 2. The van der Waals surface area contributed by atoms with Crippen molar-refractivity contribution in [2.24, 2.45) is 0 Å². The van der Waals surface area contributed by atoms with Gasteiger partial charge in [0.1, 0.15) is 24.8 Å². The van der Waals surface area contributed by atoms with Crippen molar-refractivity contribution in [1.29, 1.82) is 0 Å². The number of nitrogens with one attached hydrogen (secondary N) is 2. The van der Waals surface area contributed by atoms with Crippen LogP contribution in [0.15, 0.2) is 24.3 Å². The van der Waals surface area contributed by atoms with Gasteiger partial charge >= 0.3 is 0 Å². The largest absolute Gasteiger partial charge is 0.486 e. The van der Waals surface area contributed by atoms with Gasteiger partial charge in [-0.05, 0) is 12.1 Å². The molecule has 0 fully saturated rings. The summed E-state index contributed by atoms with van der Waals surface area (Å²) < 4.78 is 11.0. The first-order valence-corrected chi connectivity index (χ1v) is 6.23. The van der Waals surface area contributed by atoms with Crippen LogP contribution >= 0.6 is 0 Å². The Bertz CT molecular complexity index is 632. The number of hydrogen-bond donors (Lipinski definition) is 3. The highest BCUT2D eigenvalue weighted by atomic mass is 16.6. The van der Waals surface area contributed by atoms with E-state index >= 15 is 0 Å². The van der Waals surface area contributed by atoms with E-state index < -0.39 is 0 Å². The van der Waals surface area contributed by atoms with Crippen LogP contribution in [0.2, 0.25) is 0 Å². The van der Waals surface area contributed by atoms with Crippen LogP contribution in [0, 0.1) is 0 Å². The van der Waals surface area contributed by atoms with Crippen molar-refractivity contribution < 1.29 is 9.47 Å². The van der Waals surface area contributed by atoms with Crippen molar-refractivity contribution in [2.75, 3.05) is 36.6 Å². The summed E-state index contributed by atoms with van der Waals surface area (Å²) >= 11 is 0. The smallest absolute Gasteiger partial charge is 0.223 e. The van der Waals surface area contributed by atoms with Crippen LogP contribution in [0.5, 0.6) is 11.5 Å². The molecule has 1 aromatic carbocycles. The molecule has 0 amide bonds. The van der Waals surface area contributed by atoms with Gasteiger partial charge in [0.2, 0.25) is 5.95 Å². The molecule has 7 nitrogen and oxygen atoms in total. The first-order valence-electron chi connectivity index (χ1n) is 6.23. The monoisotopic (exact) mass is 273 g/mol. The molecule has 1 aliphatic rings. The van der Waals surface area contributed by atoms with E-state index in [0.717, 1.165) is 17.2 Å². The Morgan fingerprint density at radius 2 is 1.80 bits per heavy atom. The predicted molar refractivity (Wildman–Crippen MR) is 76.7 cm³/mol. The lowest BCUT2D eigenvalue weighted by atomic mass is 10.2. The van der Waals surface area contributed by atoms with E-state index in [1.807, 2.05) is 18.2 Å². The number of fused-ring (bicyclic) bond motifs is 1. The Labute approximate surface area is 116 Å². The summed E-state index contributed by atoms with van der Waals surface area (Å²) in [6.07, 6.45) is 0. The number of nitrogen functional groups attached to an aromatic ring is 1. The fourth-order valence-electron chi connectivity index (χ4n) is 1.93. The number of anilines is 4. The van der Waals surface area contributed by atoms with Gasteiger partial charge in [0, 0.05) is 24.9 Å². The van der Waals surface area contributed by atoms with E-state index in [1.165, 1.54) is 0 Å². The van der Waals surface area contributed by atoms with Gasteiger partial charge in [-0.2, -0.15) is 9.97 Å². The molecule has 0 spiro atoms. The average Bonchev–Trinajstić information content (AvgIpc) is 2.46. The fraction of sp³-hybridized carbons (Fsp3) is 0.231. The lowest BCUT2D eigenvalue weighted by Gasteiger charge is -2.19. The maximum absolute atomic E-state index is 5.65. The van der Waals surface area contributed by atoms with E-state index in [-0.39, 0.29) is 5.95 Å². The summed E-state index contributed by atoms with van der Waals surface area (Å²) in [5, 5.41) is 6.09. The van der Waals surface area contributed by atoms with E-state index in [1.54, 1.807) is 13.1 Å². The van der Waals surface area contributed by atoms with Crippen LogP contribution in [0.1, 0.15) is 0 Å². The molecule has 1 aromatic heterocycles. The van der Waals surface area contributed by atoms with Crippen LogP contribution in [0.4, 0.5) is 23.3 Å². The molecule has 2 heterocycles. The van der Waals surface area contributed by atoms with Gasteiger partial charge in [0.05, 0.1) is 0 Å². The fourth-order valence-corrected chi connectivity index (χ4v) is 1.93. The molecule has 0 bridgehead atoms. The molecule has 0 saturated heterocycles. The van der Waals surface area contributed by atoms with Gasteiger partial charge in [-0.3, -0.25) is 0 Å². The number of nitrogens with zero attached hydrogens (tertiary/aromatic N) is 2. The average molecular weight is 273 g/mol. The molecule has 0 unspecified atom stereocenters. The molecule has 104 valence electrons. The molecule has 7 heteroatoms. The molecule has 3 rings (SSSR count). The van der Waals surface area contributed by atoms with Crippen molar-refractivity contribution in [3.63, 3.8) is 0 Å². The van der Waals surface area contributed by atoms with Gasteiger partial charge in [0.25, 0.3) is 0 Å². The summed E-state index contributed by atoms with van der Waals surface area (Å²) in [5.74, 6) is 2.94. The van der Waals surface area contributed by atoms with E-state index in [2.05, 4.69) is 20.6 Å². The summed E-state index contributed by atoms with van der Waals surface area (Å²) in [7, 11) is 1.77. The second-order valence-electron chi connectivity index (χ2n) is 4.23. The third-order valence-corrected chi connectivity index (χ3v) is 2.81. The van der Waals surface area contributed by atoms with Gasteiger partial charge in [-0.25, -0.2) is 0 Å². The van der Waals surface area contributed by atoms with Crippen LogP contribution in [-0.4, -0.2) is 30.2 Å². The first kappa shape index (κ1) is 12.3. The van der Waals surface area contributed by atoms with Gasteiger partial charge in [0.15, 0.2) is 11.5 Å². The topological polar surface area (TPSA) is 94.3 Å². The molecule has 1 aliphatic heterocycles. The van der Waals surface area contributed by atoms with Crippen molar-refractivity contribution in [2.45, 2.75) is 0 Å². The molecule has 0 atom stereocenters. The van der Waals surface area contributed by atoms with Crippen LogP contribution < -0.4 is 25.8 Å². The Morgan fingerprint density at radius 3 is 2.60 bits per heavy atom. The van der Waals surface area contributed by atoms with E-state index in [4.69, 9.17) is 15.2 Å². The molecular formula is C13H15N5O2. The van der Waals surface area contributed by atoms with E-state index in [9.17, 15) is 0 Å². The molecule has 0 aliphatic carbocycles. The second kappa shape index (κ2) is 5.12. The minimum Gasteiger partial charge on any atom is -0.486 e. The molecule has 4 N–H and O–H groups in total. The number of aromatic nitrogens is 2. The highest BCUT2D eigenvalue weighted by Gasteiger charge is 2.12.